The van der Waals surface area contributed by atoms with Gasteiger partial charge in [0, 0.05) is 22.6 Å². The predicted molar refractivity (Wildman–Crippen MR) is 141 cm³/mol. The fraction of sp³-hybridized carbons (Fsp3) is 0.143. The quantitative estimate of drug-likeness (QED) is 0.265. The molecule has 0 spiro atoms. The molecule has 178 valence electrons. The van der Waals surface area contributed by atoms with Crippen LogP contribution in [0.5, 0.6) is 17.2 Å². The SMILES string of the molecule is COc1ccc(OC)c(/C=C/C(=O)N(c2nc(-c3ccc(C)cc3)cs2)c2ccccc2OC)c1. The molecule has 1 amide bonds. The highest BCUT2D eigenvalue weighted by molar-refractivity contribution is 7.14. The van der Waals surface area contributed by atoms with Crippen molar-refractivity contribution in [2.45, 2.75) is 6.92 Å². The second-order valence-electron chi connectivity index (χ2n) is 7.67. The van der Waals surface area contributed by atoms with Gasteiger partial charge in [-0.25, -0.2) is 9.88 Å². The van der Waals surface area contributed by atoms with Crippen LogP contribution in [0.3, 0.4) is 0 Å². The zero-order valence-electron chi connectivity index (χ0n) is 20.0. The monoisotopic (exact) mass is 486 g/mol. The number of hydrogen-bond acceptors (Lipinski definition) is 6. The van der Waals surface area contributed by atoms with Crippen LogP contribution in [0.1, 0.15) is 11.1 Å². The number of carbonyl (C=O) groups is 1. The number of ether oxygens (including phenoxy) is 3. The van der Waals surface area contributed by atoms with Gasteiger partial charge in [-0.3, -0.25) is 4.79 Å². The molecular formula is C28H26N2O4S. The third-order valence-corrected chi connectivity index (χ3v) is 6.25. The van der Waals surface area contributed by atoms with E-state index in [1.807, 2.05) is 66.9 Å². The molecule has 1 heterocycles. The molecule has 0 unspecified atom stereocenters. The number of methoxy groups -OCH3 is 3. The Balaban J connectivity index is 1.74. The summed E-state index contributed by atoms with van der Waals surface area (Å²) in [5, 5.41) is 2.49. The Labute approximate surface area is 209 Å². The topological polar surface area (TPSA) is 60.9 Å². The fourth-order valence-electron chi connectivity index (χ4n) is 3.56. The molecule has 0 aliphatic carbocycles. The number of anilines is 2. The van der Waals surface area contributed by atoms with Crippen LogP contribution in [0.2, 0.25) is 0 Å². The number of amides is 1. The van der Waals surface area contributed by atoms with Gasteiger partial charge in [0.2, 0.25) is 0 Å². The maximum Gasteiger partial charge on any atom is 0.257 e. The van der Waals surface area contributed by atoms with Gasteiger partial charge in [-0.2, -0.15) is 0 Å². The Morgan fingerprint density at radius 2 is 1.66 bits per heavy atom. The largest absolute Gasteiger partial charge is 0.497 e. The first-order chi connectivity index (χ1) is 17.0. The van der Waals surface area contributed by atoms with Gasteiger partial charge in [-0.05, 0) is 43.3 Å². The van der Waals surface area contributed by atoms with E-state index < -0.39 is 0 Å². The zero-order chi connectivity index (χ0) is 24.8. The van der Waals surface area contributed by atoms with Crippen LogP contribution in [0.25, 0.3) is 17.3 Å². The molecule has 0 aliphatic rings. The molecule has 0 bridgehead atoms. The van der Waals surface area contributed by atoms with Gasteiger partial charge in [0.25, 0.3) is 5.91 Å². The number of para-hydroxylation sites is 2. The molecule has 3 aromatic carbocycles. The minimum atomic E-state index is -0.274. The summed E-state index contributed by atoms with van der Waals surface area (Å²) in [4.78, 5) is 20.0. The lowest BCUT2D eigenvalue weighted by molar-refractivity contribution is -0.113. The summed E-state index contributed by atoms with van der Waals surface area (Å²) in [5.74, 6) is 1.60. The van der Waals surface area contributed by atoms with E-state index in [1.54, 1.807) is 44.4 Å². The predicted octanol–water partition coefficient (Wildman–Crippen LogP) is 6.52. The highest BCUT2D eigenvalue weighted by Crippen LogP contribution is 2.37. The molecule has 1 aromatic heterocycles. The Hall–Kier alpha value is -4.10. The van der Waals surface area contributed by atoms with Crippen molar-refractivity contribution in [1.29, 1.82) is 0 Å². The standard InChI is InChI=1S/C28H26N2O4S/c1-19-9-11-20(12-10-19)23-18-35-28(29-23)30(24-7-5-6-8-26(24)34-4)27(31)16-13-21-17-22(32-2)14-15-25(21)33-3/h5-18H,1-4H3/b16-13+. The minimum absolute atomic E-state index is 0.274. The Morgan fingerprint density at radius 1 is 0.914 bits per heavy atom. The lowest BCUT2D eigenvalue weighted by Gasteiger charge is -2.20. The normalized spacial score (nSPS) is 10.9. The van der Waals surface area contributed by atoms with Crippen molar-refractivity contribution in [2.75, 3.05) is 26.2 Å². The molecule has 0 saturated carbocycles. The molecule has 0 saturated heterocycles. The summed E-state index contributed by atoms with van der Waals surface area (Å²) in [7, 11) is 4.76. The number of carbonyl (C=O) groups excluding carboxylic acids is 1. The first kappa shape index (κ1) is 24.0. The van der Waals surface area contributed by atoms with E-state index in [-0.39, 0.29) is 5.91 Å². The highest BCUT2D eigenvalue weighted by Gasteiger charge is 2.23. The van der Waals surface area contributed by atoms with Crippen molar-refractivity contribution < 1.29 is 19.0 Å². The Bertz CT molecular complexity index is 1350. The average molecular weight is 487 g/mol. The molecule has 0 fully saturated rings. The summed E-state index contributed by atoms with van der Waals surface area (Å²) < 4.78 is 16.3. The van der Waals surface area contributed by atoms with E-state index in [4.69, 9.17) is 19.2 Å². The van der Waals surface area contributed by atoms with E-state index in [2.05, 4.69) is 0 Å². The number of hydrogen-bond donors (Lipinski definition) is 0. The summed E-state index contributed by atoms with van der Waals surface area (Å²) in [5.41, 5.74) is 4.29. The minimum Gasteiger partial charge on any atom is -0.497 e. The van der Waals surface area contributed by atoms with Crippen LogP contribution >= 0.6 is 11.3 Å². The summed E-state index contributed by atoms with van der Waals surface area (Å²) in [6.07, 6.45) is 3.21. The number of benzene rings is 3. The van der Waals surface area contributed by atoms with Crippen molar-refractivity contribution >= 4 is 34.1 Å². The lowest BCUT2D eigenvalue weighted by Crippen LogP contribution is -2.24. The van der Waals surface area contributed by atoms with E-state index >= 15 is 0 Å². The first-order valence-electron chi connectivity index (χ1n) is 10.9. The molecule has 4 aromatic rings. The van der Waals surface area contributed by atoms with Crippen molar-refractivity contribution in [1.82, 2.24) is 4.98 Å². The average Bonchev–Trinajstić information content (AvgIpc) is 3.37. The van der Waals surface area contributed by atoms with Crippen molar-refractivity contribution in [3.05, 3.63) is 89.3 Å². The van der Waals surface area contributed by atoms with Gasteiger partial charge in [0.1, 0.15) is 17.2 Å². The van der Waals surface area contributed by atoms with Gasteiger partial charge < -0.3 is 14.2 Å². The molecule has 0 radical (unpaired) electrons. The molecule has 0 aliphatic heterocycles. The maximum absolute atomic E-state index is 13.6. The maximum atomic E-state index is 13.6. The fourth-order valence-corrected chi connectivity index (χ4v) is 4.41. The zero-order valence-corrected chi connectivity index (χ0v) is 20.8. The first-order valence-corrected chi connectivity index (χ1v) is 11.8. The third kappa shape index (κ3) is 5.36. The van der Waals surface area contributed by atoms with Crippen molar-refractivity contribution in [3.63, 3.8) is 0 Å². The molecule has 4 rings (SSSR count). The third-order valence-electron chi connectivity index (χ3n) is 5.42. The van der Waals surface area contributed by atoms with E-state index in [0.717, 1.165) is 16.8 Å². The lowest BCUT2D eigenvalue weighted by atomic mass is 10.1. The summed E-state index contributed by atoms with van der Waals surface area (Å²) in [6.45, 7) is 2.04. The van der Waals surface area contributed by atoms with Crippen LogP contribution in [-0.2, 0) is 4.79 Å². The van der Waals surface area contributed by atoms with E-state index in [9.17, 15) is 4.79 Å². The van der Waals surface area contributed by atoms with Gasteiger partial charge in [-0.15, -0.1) is 11.3 Å². The number of aryl methyl sites for hydroxylation is 1. The van der Waals surface area contributed by atoms with Crippen LogP contribution in [0.15, 0.2) is 78.2 Å². The van der Waals surface area contributed by atoms with Crippen LogP contribution in [-0.4, -0.2) is 32.2 Å². The Morgan fingerprint density at radius 3 is 2.37 bits per heavy atom. The Kier molecular flexibility index (Phi) is 7.48. The highest BCUT2D eigenvalue weighted by atomic mass is 32.1. The summed E-state index contributed by atoms with van der Waals surface area (Å²) >= 11 is 1.39. The number of thiazole rings is 1. The van der Waals surface area contributed by atoms with Crippen molar-refractivity contribution in [2.24, 2.45) is 0 Å². The number of rotatable bonds is 8. The molecule has 0 N–H and O–H groups in total. The number of nitrogens with zero attached hydrogens (tertiary/aromatic N) is 2. The van der Waals surface area contributed by atoms with Crippen molar-refractivity contribution in [3.8, 4) is 28.5 Å². The van der Waals surface area contributed by atoms with Gasteiger partial charge in [0.05, 0.1) is 32.7 Å². The van der Waals surface area contributed by atoms with Crippen LogP contribution in [0, 0.1) is 6.92 Å². The van der Waals surface area contributed by atoms with Crippen LogP contribution < -0.4 is 19.1 Å². The smallest absolute Gasteiger partial charge is 0.257 e. The van der Waals surface area contributed by atoms with E-state index in [1.165, 1.54) is 23.0 Å². The molecule has 35 heavy (non-hydrogen) atoms. The molecule has 6 nitrogen and oxygen atoms in total. The van der Waals surface area contributed by atoms with Gasteiger partial charge in [-0.1, -0.05) is 42.0 Å². The van der Waals surface area contributed by atoms with E-state index in [0.29, 0.717) is 28.1 Å². The van der Waals surface area contributed by atoms with Gasteiger partial charge >= 0.3 is 0 Å². The second-order valence-corrected chi connectivity index (χ2v) is 8.50. The second kappa shape index (κ2) is 10.9. The molecular weight excluding hydrogens is 460 g/mol. The van der Waals surface area contributed by atoms with Gasteiger partial charge in [0.15, 0.2) is 5.13 Å². The molecule has 0 atom stereocenters. The van der Waals surface area contributed by atoms with Crippen LogP contribution in [0.4, 0.5) is 10.8 Å². The summed E-state index contributed by atoms with van der Waals surface area (Å²) in [6, 6.07) is 20.9. The number of aromatic nitrogens is 1. The molecule has 7 heteroatoms.